The van der Waals surface area contributed by atoms with E-state index in [2.05, 4.69) is 10.2 Å². The zero-order valence-corrected chi connectivity index (χ0v) is 10.6. The molecule has 3 N–H and O–H groups in total. The van der Waals surface area contributed by atoms with Crippen LogP contribution >= 0.6 is 0 Å². The SMILES string of the molecule is Nc1ccc(/N=N/c2ccc([N+](=O)[O-])c(C(=O)O)c2)cc1. The fraction of sp³-hybridized carbons (Fsp3) is 0. The Hall–Kier alpha value is -3.29. The zero-order valence-electron chi connectivity index (χ0n) is 10.6. The van der Waals surface area contributed by atoms with Gasteiger partial charge < -0.3 is 10.8 Å². The number of carboxylic acid groups (broad SMARTS) is 1. The predicted octanol–water partition coefficient (Wildman–Crippen LogP) is 3.29. The average molecular weight is 286 g/mol. The minimum absolute atomic E-state index is 0.204. The molecule has 0 fully saturated rings. The van der Waals surface area contributed by atoms with Crippen LogP contribution in [0, 0.1) is 10.1 Å². The molecule has 0 heterocycles. The number of nitrogens with zero attached hydrogens (tertiary/aromatic N) is 3. The van der Waals surface area contributed by atoms with Crippen LogP contribution in [0.5, 0.6) is 0 Å². The molecule has 2 rings (SSSR count). The number of benzene rings is 2. The molecule has 0 aromatic heterocycles. The van der Waals surface area contributed by atoms with Crippen molar-refractivity contribution in [2.45, 2.75) is 0 Å². The first-order valence-electron chi connectivity index (χ1n) is 5.76. The van der Waals surface area contributed by atoms with Gasteiger partial charge in [-0.15, -0.1) is 0 Å². The van der Waals surface area contributed by atoms with Crippen LogP contribution in [-0.2, 0) is 0 Å². The van der Waals surface area contributed by atoms with Crippen LogP contribution in [0.15, 0.2) is 52.7 Å². The number of nitrogens with two attached hydrogens (primary N) is 1. The van der Waals surface area contributed by atoms with Gasteiger partial charge in [0.05, 0.1) is 16.3 Å². The summed E-state index contributed by atoms with van der Waals surface area (Å²) in [7, 11) is 0. The molecule has 0 spiro atoms. The summed E-state index contributed by atoms with van der Waals surface area (Å²) in [6.07, 6.45) is 0. The van der Waals surface area contributed by atoms with Crippen molar-refractivity contribution in [3.05, 3.63) is 58.1 Å². The molecule has 0 saturated carbocycles. The van der Waals surface area contributed by atoms with Gasteiger partial charge in [-0.3, -0.25) is 10.1 Å². The van der Waals surface area contributed by atoms with Gasteiger partial charge in [-0.25, -0.2) is 4.79 Å². The first-order valence-corrected chi connectivity index (χ1v) is 5.76. The fourth-order valence-electron chi connectivity index (χ4n) is 1.57. The van der Waals surface area contributed by atoms with Crippen LogP contribution in [-0.4, -0.2) is 16.0 Å². The standard InChI is InChI=1S/C13H10N4O4/c14-8-1-3-9(4-2-8)15-16-10-5-6-12(17(20)21)11(7-10)13(18)19/h1-7H,14H2,(H,18,19)/b16-15+. The second kappa shape index (κ2) is 5.78. The van der Waals surface area contributed by atoms with E-state index in [0.29, 0.717) is 11.4 Å². The second-order valence-corrected chi connectivity index (χ2v) is 4.06. The third-order valence-electron chi connectivity index (χ3n) is 2.58. The highest BCUT2D eigenvalue weighted by molar-refractivity contribution is 5.93. The molecule has 0 aliphatic rings. The second-order valence-electron chi connectivity index (χ2n) is 4.06. The third-order valence-corrected chi connectivity index (χ3v) is 2.58. The molecule has 0 radical (unpaired) electrons. The van der Waals surface area contributed by atoms with Gasteiger partial charge in [-0.1, -0.05) is 0 Å². The van der Waals surface area contributed by atoms with E-state index < -0.39 is 22.1 Å². The molecule has 0 amide bonds. The molecule has 2 aromatic rings. The van der Waals surface area contributed by atoms with E-state index >= 15 is 0 Å². The van der Waals surface area contributed by atoms with Crippen LogP contribution in [0.4, 0.5) is 22.7 Å². The molecule has 2 aromatic carbocycles. The van der Waals surface area contributed by atoms with Crippen LogP contribution in [0.1, 0.15) is 10.4 Å². The maximum atomic E-state index is 11.0. The number of rotatable bonds is 4. The lowest BCUT2D eigenvalue weighted by Gasteiger charge is -1.99. The quantitative estimate of drug-likeness (QED) is 0.385. The number of nitro benzene ring substituents is 1. The van der Waals surface area contributed by atoms with Crippen LogP contribution < -0.4 is 5.73 Å². The number of anilines is 1. The predicted molar refractivity (Wildman–Crippen MR) is 75.1 cm³/mol. The molecular formula is C13H10N4O4. The number of hydrogen-bond acceptors (Lipinski definition) is 6. The van der Waals surface area contributed by atoms with Gasteiger partial charge >= 0.3 is 5.97 Å². The van der Waals surface area contributed by atoms with Gasteiger partial charge in [-0.2, -0.15) is 10.2 Å². The Balaban J connectivity index is 2.32. The van der Waals surface area contributed by atoms with Crippen LogP contribution in [0.25, 0.3) is 0 Å². The maximum absolute atomic E-state index is 11.0. The van der Waals surface area contributed by atoms with Gasteiger partial charge in [0.1, 0.15) is 5.56 Å². The highest BCUT2D eigenvalue weighted by atomic mass is 16.6. The van der Waals surface area contributed by atoms with Crippen LogP contribution in [0.3, 0.4) is 0 Å². The van der Waals surface area contributed by atoms with Crippen molar-refractivity contribution >= 4 is 28.7 Å². The summed E-state index contributed by atoms with van der Waals surface area (Å²) in [5.74, 6) is -1.40. The van der Waals surface area contributed by atoms with Gasteiger partial charge in [0, 0.05) is 11.8 Å². The van der Waals surface area contributed by atoms with E-state index in [4.69, 9.17) is 10.8 Å². The summed E-state index contributed by atoms with van der Waals surface area (Å²) in [5.41, 5.74) is 5.91. The molecule has 8 heteroatoms. The van der Waals surface area contributed by atoms with E-state index in [1.807, 2.05) is 0 Å². The highest BCUT2D eigenvalue weighted by Gasteiger charge is 2.19. The Bertz CT molecular complexity index is 725. The Morgan fingerprint density at radius 1 is 1.10 bits per heavy atom. The largest absolute Gasteiger partial charge is 0.477 e. The Labute approximate surface area is 118 Å². The number of nitrogen functional groups attached to an aromatic ring is 1. The van der Waals surface area contributed by atoms with E-state index in [-0.39, 0.29) is 5.69 Å². The Morgan fingerprint density at radius 2 is 1.67 bits per heavy atom. The van der Waals surface area contributed by atoms with Crippen molar-refractivity contribution < 1.29 is 14.8 Å². The fourth-order valence-corrected chi connectivity index (χ4v) is 1.57. The normalized spacial score (nSPS) is 10.7. The van der Waals surface area contributed by atoms with Crippen molar-refractivity contribution in [3.63, 3.8) is 0 Å². The summed E-state index contributed by atoms with van der Waals surface area (Å²) in [4.78, 5) is 21.0. The first-order chi connectivity index (χ1) is 9.97. The average Bonchev–Trinajstić information content (AvgIpc) is 2.46. The summed E-state index contributed by atoms with van der Waals surface area (Å²) in [6, 6.07) is 10.1. The topological polar surface area (TPSA) is 131 Å². The van der Waals surface area contributed by atoms with E-state index in [0.717, 1.165) is 12.1 Å². The van der Waals surface area contributed by atoms with Crippen molar-refractivity contribution in [1.29, 1.82) is 0 Å². The monoisotopic (exact) mass is 286 g/mol. The van der Waals surface area contributed by atoms with Gasteiger partial charge in [0.2, 0.25) is 0 Å². The molecule has 0 aliphatic heterocycles. The van der Waals surface area contributed by atoms with Crippen molar-refractivity contribution in [1.82, 2.24) is 0 Å². The molecule has 0 unspecified atom stereocenters. The molecular weight excluding hydrogens is 276 g/mol. The van der Waals surface area contributed by atoms with Crippen molar-refractivity contribution in [3.8, 4) is 0 Å². The van der Waals surface area contributed by atoms with Gasteiger partial charge in [-0.05, 0) is 36.4 Å². The number of hydrogen-bond donors (Lipinski definition) is 2. The number of azo groups is 1. The lowest BCUT2D eigenvalue weighted by Crippen LogP contribution is -2.01. The van der Waals surface area contributed by atoms with E-state index in [9.17, 15) is 14.9 Å². The number of carbonyl (C=O) groups is 1. The van der Waals surface area contributed by atoms with Gasteiger partial charge in [0.15, 0.2) is 0 Å². The molecule has 0 atom stereocenters. The first kappa shape index (κ1) is 14.1. The molecule has 106 valence electrons. The van der Waals surface area contributed by atoms with E-state index in [1.165, 1.54) is 6.07 Å². The minimum atomic E-state index is -1.40. The van der Waals surface area contributed by atoms with E-state index in [1.54, 1.807) is 24.3 Å². The smallest absolute Gasteiger partial charge is 0.342 e. The third kappa shape index (κ3) is 3.38. The Morgan fingerprint density at radius 3 is 2.24 bits per heavy atom. The number of aromatic carboxylic acids is 1. The highest BCUT2D eigenvalue weighted by Crippen LogP contribution is 2.26. The van der Waals surface area contributed by atoms with Gasteiger partial charge in [0.25, 0.3) is 5.69 Å². The van der Waals surface area contributed by atoms with Crippen LogP contribution in [0.2, 0.25) is 0 Å². The molecule has 0 saturated heterocycles. The molecule has 0 bridgehead atoms. The lowest BCUT2D eigenvalue weighted by atomic mass is 10.1. The summed E-state index contributed by atoms with van der Waals surface area (Å²) < 4.78 is 0. The van der Waals surface area contributed by atoms with Crippen molar-refractivity contribution in [2.24, 2.45) is 10.2 Å². The summed E-state index contributed by atoms with van der Waals surface area (Å²) >= 11 is 0. The summed E-state index contributed by atoms with van der Waals surface area (Å²) in [6.45, 7) is 0. The summed E-state index contributed by atoms with van der Waals surface area (Å²) in [5, 5.41) is 27.4. The lowest BCUT2D eigenvalue weighted by molar-refractivity contribution is -0.385. The minimum Gasteiger partial charge on any atom is -0.477 e. The molecule has 0 aliphatic carbocycles. The Kier molecular flexibility index (Phi) is 3.89. The maximum Gasteiger partial charge on any atom is 0.342 e. The molecule has 21 heavy (non-hydrogen) atoms. The number of carboxylic acids is 1. The zero-order chi connectivity index (χ0) is 15.4. The molecule has 8 nitrogen and oxygen atoms in total. The van der Waals surface area contributed by atoms with Crippen molar-refractivity contribution in [2.75, 3.05) is 5.73 Å². The number of nitro groups is 1.